The van der Waals surface area contributed by atoms with Gasteiger partial charge in [0.05, 0.1) is 0 Å². The molecule has 2 unspecified atom stereocenters. The van der Waals surface area contributed by atoms with Crippen molar-refractivity contribution in [3.63, 3.8) is 0 Å². The van der Waals surface area contributed by atoms with E-state index in [0.717, 1.165) is 26.2 Å². The van der Waals surface area contributed by atoms with Gasteiger partial charge in [-0.1, -0.05) is 37.3 Å². The lowest BCUT2D eigenvalue weighted by Gasteiger charge is -2.40. The normalized spacial score (nSPS) is 21.2. The van der Waals surface area contributed by atoms with Gasteiger partial charge in [0.25, 0.3) is 0 Å². The van der Waals surface area contributed by atoms with Crippen LogP contribution in [0.1, 0.15) is 19.4 Å². The molecule has 0 saturated carbocycles. The molecule has 1 aromatic carbocycles. The minimum atomic E-state index is 0.584. The minimum Gasteiger partial charge on any atom is -0.330 e. The quantitative estimate of drug-likeness (QED) is 0.877. The summed E-state index contributed by atoms with van der Waals surface area (Å²) in [6, 6.07) is 11.4. The number of benzene rings is 1. The van der Waals surface area contributed by atoms with Gasteiger partial charge in [0.15, 0.2) is 0 Å². The first-order valence-electron chi connectivity index (χ1n) is 7.41. The van der Waals surface area contributed by atoms with Gasteiger partial charge >= 0.3 is 0 Å². The molecule has 0 radical (unpaired) electrons. The smallest absolute Gasteiger partial charge is 0.0234 e. The summed E-state index contributed by atoms with van der Waals surface area (Å²) in [5.74, 6) is 0.584. The van der Waals surface area contributed by atoms with Crippen molar-refractivity contribution >= 4 is 0 Å². The highest BCUT2D eigenvalue weighted by molar-refractivity contribution is 5.14. The van der Waals surface area contributed by atoms with Crippen LogP contribution >= 0.6 is 0 Å². The van der Waals surface area contributed by atoms with Crippen molar-refractivity contribution in [3.05, 3.63) is 35.9 Å². The fraction of sp³-hybridized carbons (Fsp3) is 0.625. The van der Waals surface area contributed by atoms with Crippen molar-refractivity contribution in [3.8, 4) is 0 Å². The molecule has 2 rings (SSSR count). The summed E-state index contributed by atoms with van der Waals surface area (Å²) in [5.41, 5.74) is 7.19. The van der Waals surface area contributed by atoms with Crippen LogP contribution in [0.3, 0.4) is 0 Å². The fourth-order valence-electron chi connectivity index (χ4n) is 2.73. The minimum absolute atomic E-state index is 0.584. The molecule has 1 heterocycles. The second kappa shape index (κ2) is 7.04. The van der Waals surface area contributed by atoms with Crippen LogP contribution in [0.2, 0.25) is 0 Å². The first-order valence-corrected chi connectivity index (χ1v) is 7.41. The van der Waals surface area contributed by atoms with E-state index in [9.17, 15) is 0 Å². The van der Waals surface area contributed by atoms with Gasteiger partial charge in [0, 0.05) is 38.8 Å². The fourth-order valence-corrected chi connectivity index (χ4v) is 2.73. The van der Waals surface area contributed by atoms with Crippen LogP contribution in [0.4, 0.5) is 0 Å². The summed E-state index contributed by atoms with van der Waals surface area (Å²) in [7, 11) is 0. The Kier molecular flexibility index (Phi) is 5.37. The van der Waals surface area contributed by atoms with Crippen molar-refractivity contribution in [2.45, 2.75) is 26.4 Å². The monoisotopic (exact) mass is 261 g/mol. The predicted molar refractivity (Wildman–Crippen MR) is 81.0 cm³/mol. The Morgan fingerprint density at radius 1 is 1.05 bits per heavy atom. The Morgan fingerprint density at radius 2 is 1.68 bits per heavy atom. The zero-order valence-electron chi connectivity index (χ0n) is 12.3. The van der Waals surface area contributed by atoms with Gasteiger partial charge < -0.3 is 5.73 Å². The molecule has 106 valence electrons. The molecule has 1 aliphatic heterocycles. The van der Waals surface area contributed by atoms with Crippen LogP contribution in [0.15, 0.2) is 30.3 Å². The number of nitrogens with two attached hydrogens (primary N) is 1. The van der Waals surface area contributed by atoms with Crippen molar-refractivity contribution in [2.24, 2.45) is 11.7 Å². The van der Waals surface area contributed by atoms with E-state index in [1.165, 1.54) is 18.7 Å². The molecule has 19 heavy (non-hydrogen) atoms. The zero-order valence-corrected chi connectivity index (χ0v) is 12.3. The molecule has 0 amide bonds. The maximum atomic E-state index is 5.77. The van der Waals surface area contributed by atoms with E-state index >= 15 is 0 Å². The largest absolute Gasteiger partial charge is 0.330 e. The van der Waals surface area contributed by atoms with Gasteiger partial charge in [0.1, 0.15) is 0 Å². The van der Waals surface area contributed by atoms with Crippen LogP contribution in [0.5, 0.6) is 0 Å². The average molecular weight is 261 g/mol. The topological polar surface area (TPSA) is 32.5 Å². The van der Waals surface area contributed by atoms with Gasteiger partial charge in [-0.3, -0.25) is 9.80 Å². The molecule has 0 aliphatic carbocycles. The highest BCUT2D eigenvalue weighted by Crippen LogP contribution is 2.14. The van der Waals surface area contributed by atoms with Crippen LogP contribution in [-0.4, -0.2) is 48.6 Å². The molecule has 1 fully saturated rings. The van der Waals surface area contributed by atoms with E-state index in [-0.39, 0.29) is 0 Å². The second-order valence-electron chi connectivity index (χ2n) is 5.75. The van der Waals surface area contributed by atoms with Gasteiger partial charge in [-0.25, -0.2) is 0 Å². The Labute approximate surface area is 117 Å². The lowest BCUT2D eigenvalue weighted by atomic mass is 10.0. The molecular formula is C16H27N3. The van der Waals surface area contributed by atoms with E-state index in [0.29, 0.717) is 12.0 Å². The molecule has 0 aromatic heterocycles. The molecule has 1 aromatic rings. The zero-order chi connectivity index (χ0) is 13.7. The Balaban J connectivity index is 1.79. The maximum Gasteiger partial charge on any atom is 0.0234 e. The first kappa shape index (κ1) is 14.5. The van der Waals surface area contributed by atoms with E-state index in [4.69, 9.17) is 5.73 Å². The third kappa shape index (κ3) is 4.03. The summed E-state index contributed by atoms with van der Waals surface area (Å²) in [6.45, 7) is 11.1. The molecular weight excluding hydrogens is 234 g/mol. The van der Waals surface area contributed by atoms with Crippen LogP contribution in [-0.2, 0) is 6.54 Å². The van der Waals surface area contributed by atoms with Crippen molar-refractivity contribution in [1.29, 1.82) is 0 Å². The van der Waals surface area contributed by atoms with E-state index in [2.05, 4.69) is 54.0 Å². The van der Waals surface area contributed by atoms with Crippen LogP contribution < -0.4 is 5.73 Å². The number of piperazine rings is 1. The van der Waals surface area contributed by atoms with E-state index in [1.54, 1.807) is 0 Å². The molecule has 2 atom stereocenters. The first-order chi connectivity index (χ1) is 9.20. The maximum absolute atomic E-state index is 5.77. The SMILES string of the molecule is CC(CN)C(C)N1CCN(Cc2ccccc2)CC1. The van der Waals surface area contributed by atoms with E-state index < -0.39 is 0 Å². The third-order valence-corrected chi connectivity index (χ3v) is 4.43. The molecule has 1 saturated heterocycles. The van der Waals surface area contributed by atoms with Crippen LogP contribution in [0, 0.1) is 5.92 Å². The summed E-state index contributed by atoms with van der Waals surface area (Å²) in [4.78, 5) is 5.13. The molecule has 3 heteroatoms. The number of hydrogen-bond acceptors (Lipinski definition) is 3. The Morgan fingerprint density at radius 3 is 2.26 bits per heavy atom. The average Bonchev–Trinajstić information content (AvgIpc) is 2.47. The molecule has 0 bridgehead atoms. The summed E-state index contributed by atoms with van der Waals surface area (Å²) < 4.78 is 0. The Bertz CT molecular complexity index is 358. The molecule has 2 N–H and O–H groups in total. The summed E-state index contributed by atoms with van der Waals surface area (Å²) >= 11 is 0. The molecule has 3 nitrogen and oxygen atoms in total. The van der Waals surface area contributed by atoms with Gasteiger partial charge in [-0.15, -0.1) is 0 Å². The summed E-state index contributed by atoms with van der Waals surface area (Å²) in [5, 5.41) is 0. The lowest BCUT2D eigenvalue weighted by molar-refractivity contribution is 0.0786. The van der Waals surface area contributed by atoms with Gasteiger partial charge in [-0.05, 0) is 24.9 Å². The van der Waals surface area contributed by atoms with E-state index in [1.807, 2.05) is 0 Å². The summed E-state index contributed by atoms with van der Waals surface area (Å²) in [6.07, 6.45) is 0. The Hall–Kier alpha value is -0.900. The second-order valence-corrected chi connectivity index (χ2v) is 5.75. The number of rotatable bonds is 5. The van der Waals surface area contributed by atoms with Crippen LogP contribution in [0.25, 0.3) is 0 Å². The van der Waals surface area contributed by atoms with Crippen molar-refractivity contribution in [1.82, 2.24) is 9.80 Å². The highest BCUT2D eigenvalue weighted by atomic mass is 15.3. The predicted octanol–water partition coefficient (Wildman–Crippen LogP) is 1.79. The van der Waals surface area contributed by atoms with Gasteiger partial charge in [0.2, 0.25) is 0 Å². The highest BCUT2D eigenvalue weighted by Gasteiger charge is 2.23. The van der Waals surface area contributed by atoms with Gasteiger partial charge in [-0.2, -0.15) is 0 Å². The third-order valence-electron chi connectivity index (χ3n) is 4.43. The van der Waals surface area contributed by atoms with Crippen molar-refractivity contribution in [2.75, 3.05) is 32.7 Å². The molecule has 0 spiro atoms. The van der Waals surface area contributed by atoms with Crippen molar-refractivity contribution < 1.29 is 0 Å². The number of nitrogens with zero attached hydrogens (tertiary/aromatic N) is 2. The number of hydrogen-bond donors (Lipinski definition) is 1. The molecule has 1 aliphatic rings. The standard InChI is InChI=1S/C16H27N3/c1-14(12-17)15(2)19-10-8-18(9-11-19)13-16-6-4-3-5-7-16/h3-7,14-15H,8-13,17H2,1-2H3. The lowest BCUT2D eigenvalue weighted by Crippen LogP contribution is -2.51.